The van der Waals surface area contributed by atoms with Crippen molar-refractivity contribution in [3.05, 3.63) is 35.9 Å². The van der Waals surface area contributed by atoms with Crippen LogP contribution in [0.25, 0.3) is 0 Å². The van der Waals surface area contributed by atoms with E-state index in [-0.39, 0.29) is 0 Å². The van der Waals surface area contributed by atoms with Crippen LogP contribution in [-0.4, -0.2) is 41.8 Å². The van der Waals surface area contributed by atoms with Crippen LogP contribution in [-0.2, 0) is 11.2 Å². The summed E-state index contributed by atoms with van der Waals surface area (Å²) < 4.78 is 152. The minimum atomic E-state index is -7.11. The first-order valence-corrected chi connectivity index (χ1v) is 5.69. The predicted octanol–water partition coefficient (Wildman–Crippen LogP) is 3.91. The molecule has 1 amide bonds. The second-order valence-corrected chi connectivity index (χ2v) is 4.23. The van der Waals surface area contributed by atoms with Crippen LogP contribution in [0, 0.1) is 0 Å². The van der Waals surface area contributed by atoms with Gasteiger partial charge in [0, 0.05) is 22.6 Å². The molecule has 130 valence electrons. The molecule has 0 N–H and O–H groups in total. The number of halogens is 7. The number of hydrogen-bond acceptors (Lipinski definition) is 1. The summed E-state index contributed by atoms with van der Waals surface area (Å²) in [6.07, 6.45) is -9.72. The van der Waals surface area contributed by atoms with Crippen molar-refractivity contribution in [3.63, 3.8) is 0 Å². The first kappa shape index (κ1) is 10.1. The van der Waals surface area contributed by atoms with E-state index in [0.29, 0.717) is 0 Å². The fourth-order valence-electron chi connectivity index (χ4n) is 1.33. The fourth-order valence-corrected chi connectivity index (χ4v) is 1.33. The average Bonchev–Trinajstić information content (AvgIpc) is 2.58. The highest BCUT2D eigenvalue weighted by Gasteiger charge is 2.76. The monoisotopic (exact) mass is 353 g/mol. The zero-order valence-corrected chi connectivity index (χ0v) is 11.0. The summed E-state index contributed by atoms with van der Waals surface area (Å²) in [7, 11) is 0. The summed E-state index contributed by atoms with van der Waals surface area (Å²) in [6, 6.07) is 1.30. The Morgan fingerprint density at radius 3 is 2.22 bits per heavy atom. The average molecular weight is 353 g/mol. The first-order chi connectivity index (χ1) is 13.5. The Bertz CT molecular complexity index is 797. The van der Waals surface area contributed by atoms with Crippen molar-refractivity contribution in [1.29, 1.82) is 0 Å². The van der Waals surface area contributed by atoms with Crippen molar-refractivity contribution >= 4 is 5.91 Å². The van der Waals surface area contributed by atoms with Gasteiger partial charge in [-0.25, -0.2) is 0 Å². The van der Waals surface area contributed by atoms with Gasteiger partial charge >= 0.3 is 18.0 Å². The lowest BCUT2D eigenvalue weighted by Crippen LogP contribution is -2.60. The second-order valence-electron chi connectivity index (χ2n) is 4.23. The lowest BCUT2D eigenvalue weighted by molar-refractivity contribution is -0.346. The van der Waals surface area contributed by atoms with Crippen molar-refractivity contribution < 1.29 is 46.5 Å². The maximum absolute atomic E-state index is 14.0. The molecule has 1 rings (SSSR count). The molecule has 0 aliphatic heterocycles. The molecule has 0 aromatic heterocycles. The Kier molecular flexibility index (Phi) is 2.81. The number of likely N-dealkylation sites (N-methyl/N-ethyl adjacent to an activating group) is 1. The van der Waals surface area contributed by atoms with Crippen molar-refractivity contribution in [1.82, 2.24) is 4.90 Å². The molecule has 0 spiro atoms. The van der Waals surface area contributed by atoms with Crippen molar-refractivity contribution in [2.45, 2.75) is 37.3 Å². The molecule has 0 bridgehead atoms. The van der Waals surface area contributed by atoms with Crippen molar-refractivity contribution in [2.24, 2.45) is 0 Å². The molecule has 2 nitrogen and oxygen atoms in total. The van der Waals surface area contributed by atoms with Gasteiger partial charge in [-0.3, -0.25) is 4.79 Å². The second kappa shape index (κ2) is 6.37. The molecule has 0 fully saturated rings. The molecule has 0 aliphatic carbocycles. The summed E-state index contributed by atoms with van der Waals surface area (Å²) in [4.78, 5) is 10.5. The molecule has 0 saturated heterocycles. The zero-order valence-electron chi connectivity index (χ0n) is 19.0. The van der Waals surface area contributed by atoms with Gasteiger partial charge in [0.15, 0.2) is 0 Å². The normalized spacial score (nSPS) is 23.4. The minimum absolute atomic E-state index is 0.512. The predicted molar refractivity (Wildman–Crippen MR) is 68.3 cm³/mol. The number of hydrogen-bond donors (Lipinski definition) is 0. The van der Waals surface area contributed by atoms with E-state index in [2.05, 4.69) is 0 Å². The van der Waals surface area contributed by atoms with Crippen molar-refractivity contribution in [2.75, 3.05) is 6.98 Å². The molecule has 0 radical (unpaired) electrons. The van der Waals surface area contributed by atoms with Gasteiger partial charge in [-0.05, 0) is 18.8 Å². The van der Waals surface area contributed by atoms with Crippen LogP contribution in [0.5, 0.6) is 0 Å². The van der Waals surface area contributed by atoms with E-state index < -0.39 is 60.6 Å². The molecule has 0 heterocycles. The lowest BCUT2D eigenvalue weighted by Gasteiger charge is -2.33. The fraction of sp³-hybridized carbons (Fsp3) is 0.500. The highest BCUT2D eigenvalue weighted by molar-refractivity contribution is 5.85. The summed E-state index contributed by atoms with van der Waals surface area (Å²) in [5.41, 5.74) is -0.512. The minimum Gasteiger partial charge on any atom is -0.337 e. The van der Waals surface area contributed by atoms with E-state index in [1.165, 1.54) is 6.07 Å². The largest absolute Gasteiger partial charge is 0.460 e. The lowest BCUT2D eigenvalue weighted by atomic mass is 10.0. The van der Waals surface area contributed by atoms with E-state index >= 15 is 0 Å². The Hall–Kier alpha value is -1.80. The highest BCUT2D eigenvalue weighted by Crippen LogP contribution is 2.47. The van der Waals surface area contributed by atoms with Crippen LogP contribution in [0.4, 0.5) is 30.7 Å². The number of carbonyl (C=O) groups is 1. The Labute approximate surface area is 139 Å². The summed E-state index contributed by atoms with van der Waals surface area (Å²) in [6.45, 7) is -8.55. The number of alkyl halides is 7. The van der Waals surface area contributed by atoms with Gasteiger partial charge in [-0.1, -0.05) is 30.3 Å². The molecule has 9 heteroatoms. The standard InChI is InChI=1S/C14H14F7NO/c1-9(8-10-6-4-3-5-7-10)22(2)11(23)12(15,16)13(17,18)14(19,20)21/h3-7,9H,8H2,1-2H3/i1D3,2D3,8D,9D. The van der Waals surface area contributed by atoms with Crippen LogP contribution < -0.4 is 0 Å². The van der Waals surface area contributed by atoms with Gasteiger partial charge in [0.1, 0.15) is 0 Å². The van der Waals surface area contributed by atoms with Crippen molar-refractivity contribution in [3.8, 4) is 0 Å². The Morgan fingerprint density at radius 2 is 1.78 bits per heavy atom. The van der Waals surface area contributed by atoms with E-state index in [4.69, 9.17) is 11.0 Å². The van der Waals surface area contributed by atoms with E-state index in [9.17, 15) is 35.5 Å². The summed E-state index contributed by atoms with van der Waals surface area (Å²) in [5.74, 6) is -17.7. The molecule has 1 aromatic rings. The Balaban J connectivity index is 3.84. The van der Waals surface area contributed by atoms with Gasteiger partial charge in [0.05, 0.1) is 1.37 Å². The first-order valence-electron chi connectivity index (χ1n) is 9.76. The van der Waals surface area contributed by atoms with Gasteiger partial charge in [-0.15, -0.1) is 0 Å². The highest BCUT2D eigenvalue weighted by atomic mass is 19.4. The molecule has 23 heavy (non-hydrogen) atoms. The van der Waals surface area contributed by atoms with Gasteiger partial charge < -0.3 is 4.90 Å². The molecule has 0 saturated carbocycles. The van der Waals surface area contributed by atoms with Gasteiger partial charge in [0.2, 0.25) is 0 Å². The van der Waals surface area contributed by atoms with Crippen LogP contribution in [0.15, 0.2) is 30.3 Å². The molecule has 1 aromatic carbocycles. The van der Waals surface area contributed by atoms with Crippen LogP contribution in [0.2, 0.25) is 0 Å². The third kappa shape index (κ3) is 3.76. The number of benzene rings is 1. The van der Waals surface area contributed by atoms with E-state index in [0.717, 1.165) is 24.3 Å². The SMILES string of the molecule is [2H]C(c1ccccc1)C([2H])(N(C(=O)C(F)(F)C(F)(F)C(F)(F)F)C([2H])([2H])[2H])C([2H])([2H])[2H]. The van der Waals surface area contributed by atoms with Crippen LogP contribution >= 0.6 is 0 Å². The van der Waals surface area contributed by atoms with Crippen LogP contribution in [0.1, 0.15) is 23.4 Å². The molecular formula is C14H14F7NO. The number of nitrogens with zero attached hydrogens (tertiary/aromatic N) is 1. The quantitative estimate of drug-likeness (QED) is 0.735. The Morgan fingerprint density at radius 1 is 1.22 bits per heavy atom. The molecule has 2 unspecified atom stereocenters. The van der Waals surface area contributed by atoms with Crippen LogP contribution in [0.3, 0.4) is 0 Å². The molecular weight excluding hydrogens is 331 g/mol. The summed E-state index contributed by atoms with van der Waals surface area (Å²) >= 11 is 0. The molecule has 2 atom stereocenters. The van der Waals surface area contributed by atoms with E-state index in [1.54, 1.807) is 0 Å². The maximum Gasteiger partial charge on any atom is 0.460 e. The summed E-state index contributed by atoms with van der Waals surface area (Å²) in [5, 5.41) is 0. The number of carbonyl (C=O) groups excluding carboxylic acids is 1. The smallest absolute Gasteiger partial charge is 0.337 e. The topological polar surface area (TPSA) is 20.3 Å². The van der Waals surface area contributed by atoms with Gasteiger partial charge in [0.25, 0.3) is 5.91 Å². The molecule has 0 aliphatic rings. The maximum atomic E-state index is 14.0. The van der Waals surface area contributed by atoms with Gasteiger partial charge in [-0.2, -0.15) is 30.7 Å². The zero-order chi connectivity index (χ0) is 24.8. The third-order valence-corrected chi connectivity index (χ3v) is 2.57. The number of amides is 1. The third-order valence-electron chi connectivity index (χ3n) is 2.57. The van der Waals surface area contributed by atoms with E-state index in [1.807, 2.05) is 0 Å². The number of rotatable bonds is 5.